The molecule has 0 saturated carbocycles. The second-order valence-electron chi connectivity index (χ2n) is 7.13. The van der Waals surface area contributed by atoms with Crippen LogP contribution in [0.4, 0.5) is 18.9 Å². The molecule has 1 fully saturated rings. The fraction of sp³-hybridized carbons (Fsp3) is 0.381. The molecule has 3 rings (SSSR count). The van der Waals surface area contributed by atoms with Crippen molar-refractivity contribution in [3.63, 3.8) is 0 Å². The Morgan fingerprint density at radius 1 is 1.10 bits per heavy atom. The molecule has 0 bridgehead atoms. The second-order valence-corrected chi connectivity index (χ2v) is 7.57. The second kappa shape index (κ2) is 9.15. The van der Waals surface area contributed by atoms with Gasteiger partial charge in [0.15, 0.2) is 0 Å². The molecule has 29 heavy (non-hydrogen) atoms. The van der Waals surface area contributed by atoms with E-state index in [0.717, 1.165) is 24.7 Å². The molecule has 0 radical (unpaired) electrons. The third-order valence-corrected chi connectivity index (χ3v) is 5.39. The van der Waals surface area contributed by atoms with Gasteiger partial charge in [-0.2, -0.15) is 13.2 Å². The number of alkyl halides is 3. The number of hydrogen-bond acceptors (Lipinski definition) is 3. The number of piperazine rings is 1. The third-order valence-electron chi connectivity index (χ3n) is 5.16. The van der Waals surface area contributed by atoms with Gasteiger partial charge in [-0.3, -0.25) is 14.6 Å². The number of rotatable bonds is 5. The minimum absolute atomic E-state index is 0.0611. The molecule has 0 aromatic heterocycles. The van der Waals surface area contributed by atoms with E-state index in [-0.39, 0.29) is 18.3 Å². The Morgan fingerprint density at radius 3 is 2.45 bits per heavy atom. The highest BCUT2D eigenvalue weighted by Crippen LogP contribution is 2.34. The maximum absolute atomic E-state index is 13.1. The summed E-state index contributed by atoms with van der Waals surface area (Å²) in [6, 6.07) is 13.0. The standard InChI is InChI=1S/C21H23ClF3N3O/c1-15(16-5-4-6-17(22)13-16)28-11-9-27(10-12-28)14-20(29)26-19-8-3-2-7-18(19)21(23,24)25/h2-8,13,15H,9-12,14H2,1H3,(H,26,29). The summed E-state index contributed by atoms with van der Waals surface area (Å²) in [6.07, 6.45) is -4.51. The van der Waals surface area contributed by atoms with Crippen LogP contribution in [0.15, 0.2) is 48.5 Å². The van der Waals surface area contributed by atoms with Crippen LogP contribution >= 0.6 is 11.6 Å². The van der Waals surface area contributed by atoms with Crippen molar-refractivity contribution in [2.24, 2.45) is 0 Å². The van der Waals surface area contributed by atoms with Gasteiger partial charge >= 0.3 is 6.18 Å². The zero-order valence-electron chi connectivity index (χ0n) is 16.0. The van der Waals surface area contributed by atoms with Crippen molar-refractivity contribution in [2.75, 3.05) is 38.0 Å². The lowest BCUT2D eigenvalue weighted by Crippen LogP contribution is -2.49. The van der Waals surface area contributed by atoms with Gasteiger partial charge in [-0.1, -0.05) is 35.9 Å². The topological polar surface area (TPSA) is 35.6 Å². The maximum atomic E-state index is 13.1. The van der Waals surface area contributed by atoms with Crippen molar-refractivity contribution >= 4 is 23.2 Å². The maximum Gasteiger partial charge on any atom is 0.418 e. The van der Waals surface area contributed by atoms with E-state index < -0.39 is 17.6 Å². The minimum atomic E-state index is -4.51. The summed E-state index contributed by atoms with van der Waals surface area (Å²) in [5.41, 5.74) is 0.0826. The average Bonchev–Trinajstić information content (AvgIpc) is 2.67. The number of nitrogens with zero attached hydrogens (tertiary/aromatic N) is 2. The Kier molecular flexibility index (Phi) is 6.82. The number of halogens is 4. The quantitative estimate of drug-likeness (QED) is 0.755. The van der Waals surface area contributed by atoms with Gasteiger partial charge in [0.25, 0.3) is 0 Å². The molecule has 2 aromatic carbocycles. The number of para-hydroxylation sites is 1. The Balaban J connectivity index is 1.53. The largest absolute Gasteiger partial charge is 0.418 e. The van der Waals surface area contributed by atoms with Crippen LogP contribution in [-0.4, -0.2) is 48.4 Å². The van der Waals surface area contributed by atoms with Crippen LogP contribution in [0.1, 0.15) is 24.1 Å². The number of hydrogen-bond donors (Lipinski definition) is 1. The Hall–Kier alpha value is -2.09. The van der Waals surface area contributed by atoms with Crippen molar-refractivity contribution in [1.82, 2.24) is 9.80 Å². The lowest BCUT2D eigenvalue weighted by Gasteiger charge is -2.38. The molecule has 1 N–H and O–H groups in total. The molecule has 0 aliphatic carbocycles. The van der Waals surface area contributed by atoms with E-state index >= 15 is 0 Å². The molecule has 8 heteroatoms. The van der Waals surface area contributed by atoms with Crippen LogP contribution in [0.25, 0.3) is 0 Å². The monoisotopic (exact) mass is 425 g/mol. The van der Waals surface area contributed by atoms with Gasteiger partial charge in [0.2, 0.25) is 5.91 Å². The van der Waals surface area contributed by atoms with Crippen molar-refractivity contribution < 1.29 is 18.0 Å². The number of carbonyl (C=O) groups is 1. The van der Waals surface area contributed by atoms with E-state index in [1.165, 1.54) is 18.2 Å². The highest BCUT2D eigenvalue weighted by molar-refractivity contribution is 6.30. The van der Waals surface area contributed by atoms with Gasteiger partial charge in [-0.25, -0.2) is 0 Å². The molecule has 1 atom stereocenters. The molecule has 1 amide bonds. The SMILES string of the molecule is CC(c1cccc(Cl)c1)N1CCN(CC(=O)Nc2ccccc2C(F)(F)F)CC1. The summed E-state index contributed by atoms with van der Waals surface area (Å²) in [6.45, 7) is 5.03. The molecule has 156 valence electrons. The first-order chi connectivity index (χ1) is 13.7. The molecule has 1 unspecified atom stereocenters. The van der Waals surface area contributed by atoms with Crippen LogP contribution < -0.4 is 5.32 Å². The predicted octanol–water partition coefficient (Wildman–Crippen LogP) is 4.68. The molecule has 1 aliphatic rings. The first-order valence-electron chi connectivity index (χ1n) is 9.42. The number of amides is 1. The van der Waals surface area contributed by atoms with E-state index in [9.17, 15) is 18.0 Å². The Bertz CT molecular complexity index is 851. The van der Waals surface area contributed by atoms with Gasteiger partial charge < -0.3 is 5.32 Å². The van der Waals surface area contributed by atoms with Gasteiger partial charge in [-0.05, 0) is 36.8 Å². The van der Waals surface area contributed by atoms with Crippen LogP contribution in [0.3, 0.4) is 0 Å². The number of anilines is 1. The molecule has 2 aromatic rings. The summed E-state index contributed by atoms with van der Waals surface area (Å²) in [4.78, 5) is 16.5. The predicted molar refractivity (Wildman–Crippen MR) is 108 cm³/mol. The molecule has 1 aliphatic heterocycles. The van der Waals surface area contributed by atoms with E-state index in [0.29, 0.717) is 18.1 Å². The zero-order valence-corrected chi connectivity index (χ0v) is 16.8. The summed E-state index contributed by atoms with van der Waals surface area (Å²) in [7, 11) is 0. The molecular weight excluding hydrogens is 403 g/mol. The zero-order chi connectivity index (χ0) is 21.0. The number of carbonyl (C=O) groups excluding carboxylic acids is 1. The molecule has 1 saturated heterocycles. The van der Waals surface area contributed by atoms with Gasteiger partial charge in [0.1, 0.15) is 0 Å². The van der Waals surface area contributed by atoms with Crippen molar-refractivity contribution in [3.8, 4) is 0 Å². The molecular formula is C21H23ClF3N3O. The lowest BCUT2D eigenvalue weighted by molar-refractivity contribution is -0.137. The highest BCUT2D eigenvalue weighted by atomic mass is 35.5. The summed E-state index contributed by atoms with van der Waals surface area (Å²) < 4.78 is 39.2. The summed E-state index contributed by atoms with van der Waals surface area (Å²) >= 11 is 6.07. The molecule has 1 heterocycles. The van der Waals surface area contributed by atoms with Crippen LogP contribution in [0.2, 0.25) is 5.02 Å². The first kappa shape index (κ1) is 21.6. The first-order valence-corrected chi connectivity index (χ1v) is 9.80. The fourth-order valence-corrected chi connectivity index (χ4v) is 3.72. The van der Waals surface area contributed by atoms with Gasteiger partial charge in [0.05, 0.1) is 17.8 Å². The smallest absolute Gasteiger partial charge is 0.324 e. The van der Waals surface area contributed by atoms with Gasteiger partial charge in [0, 0.05) is 37.2 Å². The van der Waals surface area contributed by atoms with Crippen LogP contribution in [0.5, 0.6) is 0 Å². The Morgan fingerprint density at radius 2 is 1.79 bits per heavy atom. The van der Waals surface area contributed by atoms with Crippen LogP contribution in [0, 0.1) is 0 Å². The summed E-state index contributed by atoms with van der Waals surface area (Å²) in [5.74, 6) is -0.446. The normalized spacial score (nSPS) is 17.1. The van der Waals surface area contributed by atoms with E-state index in [2.05, 4.69) is 17.1 Å². The van der Waals surface area contributed by atoms with E-state index in [1.54, 1.807) is 0 Å². The highest BCUT2D eigenvalue weighted by Gasteiger charge is 2.33. The lowest BCUT2D eigenvalue weighted by atomic mass is 10.1. The average molecular weight is 426 g/mol. The molecule has 0 spiro atoms. The number of nitrogens with one attached hydrogen (secondary N) is 1. The minimum Gasteiger partial charge on any atom is -0.324 e. The molecule has 4 nitrogen and oxygen atoms in total. The Labute approximate surface area is 173 Å². The third kappa shape index (κ3) is 5.72. The van der Waals surface area contributed by atoms with Crippen molar-refractivity contribution in [2.45, 2.75) is 19.1 Å². The van der Waals surface area contributed by atoms with Crippen LogP contribution in [-0.2, 0) is 11.0 Å². The van der Waals surface area contributed by atoms with Gasteiger partial charge in [-0.15, -0.1) is 0 Å². The summed E-state index contributed by atoms with van der Waals surface area (Å²) in [5, 5.41) is 3.10. The van der Waals surface area contributed by atoms with E-state index in [4.69, 9.17) is 11.6 Å². The van der Waals surface area contributed by atoms with Crippen molar-refractivity contribution in [3.05, 3.63) is 64.7 Å². The fourth-order valence-electron chi connectivity index (χ4n) is 3.52. The van der Waals surface area contributed by atoms with Crippen molar-refractivity contribution in [1.29, 1.82) is 0 Å². The number of benzene rings is 2. The van der Waals surface area contributed by atoms with E-state index in [1.807, 2.05) is 29.2 Å².